The number of benzene rings is 3. The molecule has 0 unspecified atom stereocenters. The number of rotatable bonds is 10. The highest BCUT2D eigenvalue weighted by molar-refractivity contribution is 7.09. The number of alkyl carbamates (subject to hydrolysis) is 1. The Kier molecular flexibility index (Phi) is 7.98. The zero-order valence-electron chi connectivity index (χ0n) is 21.1. The fourth-order valence-corrected chi connectivity index (χ4v) is 5.55. The monoisotopic (exact) mass is 541 g/mol. The molecule has 0 fully saturated rings. The SMILES string of the molecule is O=C(O)CN(Cc1ccccc1)C(=O)c1csc(CCNC(=O)OCC2c3ccccc3-c3ccccc32)n1. The maximum absolute atomic E-state index is 13.0. The number of carbonyl (C=O) groups is 3. The van der Waals surface area contributed by atoms with Crippen molar-refractivity contribution in [2.75, 3.05) is 19.7 Å². The van der Waals surface area contributed by atoms with Crippen molar-refractivity contribution in [1.29, 1.82) is 0 Å². The fourth-order valence-electron chi connectivity index (χ4n) is 4.77. The van der Waals surface area contributed by atoms with E-state index in [0.717, 1.165) is 16.7 Å². The minimum atomic E-state index is -1.10. The summed E-state index contributed by atoms with van der Waals surface area (Å²) in [7, 11) is 0. The fraction of sp³-hybridized carbons (Fsp3) is 0.200. The van der Waals surface area contributed by atoms with Gasteiger partial charge in [0.2, 0.25) is 0 Å². The van der Waals surface area contributed by atoms with E-state index in [1.807, 2.05) is 54.6 Å². The molecule has 0 aliphatic heterocycles. The van der Waals surface area contributed by atoms with E-state index < -0.39 is 24.5 Å². The molecule has 0 bridgehead atoms. The summed E-state index contributed by atoms with van der Waals surface area (Å²) < 4.78 is 5.56. The first kappa shape index (κ1) is 26.1. The number of hydrogen-bond acceptors (Lipinski definition) is 6. The van der Waals surface area contributed by atoms with Gasteiger partial charge in [-0.2, -0.15) is 0 Å². The third-order valence-corrected chi connectivity index (χ3v) is 7.46. The summed E-state index contributed by atoms with van der Waals surface area (Å²) in [5.74, 6) is -1.56. The van der Waals surface area contributed by atoms with Gasteiger partial charge < -0.3 is 20.1 Å². The van der Waals surface area contributed by atoms with Gasteiger partial charge in [0, 0.05) is 30.8 Å². The zero-order chi connectivity index (χ0) is 27.2. The molecule has 0 saturated heterocycles. The van der Waals surface area contributed by atoms with E-state index in [9.17, 15) is 19.5 Å². The maximum Gasteiger partial charge on any atom is 0.407 e. The molecule has 4 aromatic rings. The molecule has 0 radical (unpaired) electrons. The van der Waals surface area contributed by atoms with Crippen LogP contribution in [0.2, 0.25) is 0 Å². The number of carboxylic acids is 1. The van der Waals surface area contributed by atoms with Crippen LogP contribution in [0.1, 0.15) is 38.1 Å². The second-order valence-corrected chi connectivity index (χ2v) is 10.1. The van der Waals surface area contributed by atoms with Gasteiger partial charge in [0.05, 0.1) is 5.01 Å². The summed E-state index contributed by atoms with van der Waals surface area (Å²) in [4.78, 5) is 42.4. The van der Waals surface area contributed by atoms with Crippen LogP contribution in [0.3, 0.4) is 0 Å². The highest BCUT2D eigenvalue weighted by Crippen LogP contribution is 2.44. The van der Waals surface area contributed by atoms with Crippen LogP contribution in [0.4, 0.5) is 4.79 Å². The van der Waals surface area contributed by atoms with Crippen LogP contribution in [-0.4, -0.2) is 52.7 Å². The molecule has 0 atom stereocenters. The molecule has 3 aromatic carbocycles. The van der Waals surface area contributed by atoms with Gasteiger partial charge in [-0.1, -0.05) is 78.9 Å². The molecule has 0 spiro atoms. The zero-order valence-corrected chi connectivity index (χ0v) is 21.9. The van der Waals surface area contributed by atoms with Crippen LogP contribution in [0.15, 0.2) is 84.2 Å². The Balaban J connectivity index is 1.13. The van der Waals surface area contributed by atoms with Crippen molar-refractivity contribution >= 4 is 29.3 Å². The molecule has 8 nitrogen and oxygen atoms in total. The third kappa shape index (κ3) is 6.15. The quantitative estimate of drug-likeness (QED) is 0.294. The molecule has 2 N–H and O–H groups in total. The van der Waals surface area contributed by atoms with Crippen LogP contribution >= 0.6 is 11.3 Å². The Morgan fingerprint density at radius 1 is 0.923 bits per heavy atom. The average molecular weight is 542 g/mol. The lowest BCUT2D eigenvalue weighted by atomic mass is 9.98. The van der Waals surface area contributed by atoms with E-state index >= 15 is 0 Å². The summed E-state index contributed by atoms with van der Waals surface area (Å²) in [5, 5.41) is 14.3. The average Bonchev–Trinajstić information content (AvgIpc) is 3.54. The molecular formula is C30H27N3O5S. The predicted molar refractivity (Wildman–Crippen MR) is 148 cm³/mol. The van der Waals surface area contributed by atoms with Gasteiger partial charge in [-0.3, -0.25) is 9.59 Å². The maximum atomic E-state index is 13.0. The number of aliphatic carboxylic acids is 1. The summed E-state index contributed by atoms with van der Waals surface area (Å²) >= 11 is 1.29. The molecule has 2 amide bonds. The van der Waals surface area contributed by atoms with E-state index in [4.69, 9.17) is 4.74 Å². The van der Waals surface area contributed by atoms with Gasteiger partial charge in [0.25, 0.3) is 5.91 Å². The number of nitrogens with zero attached hydrogens (tertiary/aromatic N) is 2. The van der Waals surface area contributed by atoms with Crippen molar-refractivity contribution in [2.45, 2.75) is 18.9 Å². The smallest absolute Gasteiger partial charge is 0.407 e. The summed E-state index contributed by atoms with van der Waals surface area (Å²) in [6, 6.07) is 25.5. The lowest BCUT2D eigenvalue weighted by Crippen LogP contribution is -2.35. The number of aromatic nitrogens is 1. The summed E-state index contributed by atoms with van der Waals surface area (Å²) in [6.45, 7) is 0.267. The largest absolute Gasteiger partial charge is 0.480 e. The number of nitrogens with one attached hydrogen (secondary N) is 1. The first-order valence-electron chi connectivity index (χ1n) is 12.6. The van der Waals surface area contributed by atoms with Crippen LogP contribution in [-0.2, 0) is 22.5 Å². The second-order valence-electron chi connectivity index (χ2n) is 9.17. The van der Waals surface area contributed by atoms with Crippen LogP contribution in [0.5, 0.6) is 0 Å². The van der Waals surface area contributed by atoms with Gasteiger partial charge >= 0.3 is 12.1 Å². The molecule has 1 aliphatic rings. The second kappa shape index (κ2) is 11.9. The Bertz CT molecular complexity index is 1440. The first-order chi connectivity index (χ1) is 19.0. The minimum Gasteiger partial charge on any atom is -0.480 e. The third-order valence-electron chi connectivity index (χ3n) is 6.55. The highest BCUT2D eigenvalue weighted by atomic mass is 32.1. The molecule has 1 aromatic heterocycles. The Labute approximate surface area is 229 Å². The van der Waals surface area contributed by atoms with Crippen LogP contribution < -0.4 is 5.32 Å². The Morgan fingerprint density at radius 2 is 1.56 bits per heavy atom. The number of amides is 2. The minimum absolute atomic E-state index is 0.0136. The van der Waals surface area contributed by atoms with Gasteiger partial charge in [0.15, 0.2) is 0 Å². The number of carbonyl (C=O) groups excluding carboxylic acids is 2. The molecule has 39 heavy (non-hydrogen) atoms. The van der Waals surface area contributed by atoms with Gasteiger partial charge in [-0.15, -0.1) is 11.3 Å². The van der Waals surface area contributed by atoms with Crippen molar-refractivity contribution in [2.24, 2.45) is 0 Å². The van der Waals surface area contributed by atoms with E-state index in [2.05, 4.69) is 34.6 Å². The lowest BCUT2D eigenvalue weighted by Gasteiger charge is -2.19. The molecule has 5 rings (SSSR count). The topological polar surface area (TPSA) is 109 Å². The number of carboxylic acid groups (broad SMARTS) is 1. The van der Waals surface area contributed by atoms with E-state index in [-0.39, 0.29) is 24.8 Å². The van der Waals surface area contributed by atoms with Gasteiger partial charge in [-0.25, -0.2) is 9.78 Å². The lowest BCUT2D eigenvalue weighted by molar-refractivity contribution is -0.137. The Morgan fingerprint density at radius 3 is 2.23 bits per heavy atom. The molecular weight excluding hydrogens is 514 g/mol. The van der Waals surface area contributed by atoms with Gasteiger partial charge in [-0.05, 0) is 27.8 Å². The van der Waals surface area contributed by atoms with Gasteiger partial charge in [0.1, 0.15) is 18.8 Å². The van der Waals surface area contributed by atoms with Crippen LogP contribution in [0, 0.1) is 0 Å². The molecule has 0 saturated carbocycles. The van der Waals surface area contributed by atoms with Crippen molar-refractivity contribution in [1.82, 2.24) is 15.2 Å². The van der Waals surface area contributed by atoms with Crippen molar-refractivity contribution in [3.8, 4) is 11.1 Å². The van der Waals surface area contributed by atoms with E-state index in [1.165, 1.54) is 27.4 Å². The standard InChI is InChI=1S/C30H27N3O5S/c34-28(35)17-33(16-20-8-2-1-3-9-20)29(36)26-19-39-27(32-26)14-15-31-30(37)38-18-25-23-12-6-4-10-21(23)22-11-5-7-13-24(22)25/h1-13,19,25H,14-18H2,(H,31,37)(H,34,35). The Hall–Kier alpha value is -4.50. The number of thiazole rings is 1. The van der Waals surface area contributed by atoms with Crippen molar-refractivity contribution in [3.63, 3.8) is 0 Å². The highest BCUT2D eigenvalue weighted by Gasteiger charge is 2.29. The summed E-state index contributed by atoms with van der Waals surface area (Å²) in [5.41, 5.74) is 5.65. The number of hydrogen-bond donors (Lipinski definition) is 2. The predicted octanol–water partition coefficient (Wildman–Crippen LogP) is 4.95. The van der Waals surface area contributed by atoms with Crippen molar-refractivity contribution < 1.29 is 24.2 Å². The number of ether oxygens (including phenoxy) is 1. The van der Waals surface area contributed by atoms with E-state index in [0.29, 0.717) is 18.0 Å². The van der Waals surface area contributed by atoms with Crippen molar-refractivity contribution in [3.05, 3.63) is 112 Å². The number of fused-ring (bicyclic) bond motifs is 3. The van der Waals surface area contributed by atoms with Crippen LogP contribution in [0.25, 0.3) is 11.1 Å². The summed E-state index contributed by atoms with van der Waals surface area (Å²) in [6.07, 6.45) is -0.0973. The molecule has 9 heteroatoms. The molecule has 198 valence electrons. The molecule has 1 heterocycles. The van der Waals surface area contributed by atoms with E-state index in [1.54, 1.807) is 5.38 Å². The molecule has 1 aliphatic carbocycles. The normalized spacial score (nSPS) is 11.9. The first-order valence-corrected chi connectivity index (χ1v) is 13.5.